The quantitative estimate of drug-likeness (QED) is 0.773. The van der Waals surface area contributed by atoms with Gasteiger partial charge in [-0.15, -0.1) is 12.4 Å². The van der Waals surface area contributed by atoms with Gasteiger partial charge in [-0.3, -0.25) is 4.79 Å². The third kappa shape index (κ3) is 3.94. The molecule has 1 atom stereocenters. The van der Waals surface area contributed by atoms with Crippen LogP contribution in [0.1, 0.15) is 63.4 Å². The van der Waals surface area contributed by atoms with Gasteiger partial charge in [0.25, 0.3) is 0 Å². The fraction of sp³-hybridized carbons (Fsp3) is 0.682. The Labute approximate surface area is 164 Å². The first kappa shape index (κ1) is 19.7. The molecule has 3 aliphatic rings. The maximum atomic E-state index is 12.8. The first-order valence-electron chi connectivity index (χ1n) is 10.3. The first-order valence-corrected chi connectivity index (χ1v) is 10.3. The number of hydrogen-bond acceptors (Lipinski definition) is 2. The van der Waals surface area contributed by atoms with Crippen LogP contribution < -0.4 is 10.6 Å². The molecule has 2 N–H and O–H groups in total. The molecule has 1 unspecified atom stereocenters. The molecule has 1 aromatic rings. The lowest BCUT2D eigenvalue weighted by molar-refractivity contribution is -0.123. The van der Waals surface area contributed by atoms with Crippen molar-refractivity contribution in [3.63, 3.8) is 0 Å². The van der Waals surface area contributed by atoms with Crippen molar-refractivity contribution in [3.8, 4) is 0 Å². The minimum absolute atomic E-state index is 0. The molecule has 1 saturated heterocycles. The summed E-state index contributed by atoms with van der Waals surface area (Å²) in [7, 11) is 0. The second-order valence-corrected chi connectivity index (χ2v) is 8.65. The third-order valence-corrected chi connectivity index (χ3v) is 7.15. The van der Waals surface area contributed by atoms with E-state index < -0.39 is 0 Å². The van der Waals surface area contributed by atoms with E-state index in [1.54, 1.807) is 0 Å². The second-order valence-electron chi connectivity index (χ2n) is 8.65. The molecule has 3 nitrogen and oxygen atoms in total. The summed E-state index contributed by atoms with van der Waals surface area (Å²) in [4.78, 5) is 12.8. The van der Waals surface area contributed by atoms with Gasteiger partial charge in [-0.1, -0.05) is 56.0 Å². The van der Waals surface area contributed by atoms with Crippen LogP contribution in [0.3, 0.4) is 0 Å². The van der Waals surface area contributed by atoms with E-state index >= 15 is 0 Å². The fourth-order valence-electron chi connectivity index (χ4n) is 5.34. The van der Waals surface area contributed by atoms with Gasteiger partial charge in [-0.05, 0) is 56.2 Å². The van der Waals surface area contributed by atoms with Gasteiger partial charge in [0, 0.05) is 17.9 Å². The van der Waals surface area contributed by atoms with E-state index in [4.69, 9.17) is 0 Å². The summed E-state index contributed by atoms with van der Waals surface area (Å²) in [5, 5.41) is 6.82. The zero-order valence-electron chi connectivity index (χ0n) is 15.8. The van der Waals surface area contributed by atoms with Gasteiger partial charge >= 0.3 is 0 Å². The average Bonchev–Trinajstić information content (AvgIpc) is 3.41. The smallest absolute Gasteiger partial charge is 0.223 e. The predicted octanol–water partition coefficient (Wildman–Crippen LogP) is 4.21. The molecule has 2 saturated carbocycles. The van der Waals surface area contributed by atoms with Crippen LogP contribution in [0.25, 0.3) is 0 Å². The molecule has 0 aromatic heterocycles. The molecular formula is C22H33ClN2O. The summed E-state index contributed by atoms with van der Waals surface area (Å²) >= 11 is 0. The molecule has 4 rings (SSSR count). The highest BCUT2D eigenvalue weighted by molar-refractivity contribution is 5.85. The van der Waals surface area contributed by atoms with Crippen molar-refractivity contribution in [2.75, 3.05) is 19.6 Å². The fourth-order valence-corrected chi connectivity index (χ4v) is 5.34. The van der Waals surface area contributed by atoms with E-state index in [0.717, 1.165) is 26.1 Å². The van der Waals surface area contributed by atoms with Crippen LogP contribution in [-0.4, -0.2) is 25.5 Å². The number of rotatable bonds is 4. The molecule has 1 aromatic carbocycles. The van der Waals surface area contributed by atoms with Crippen LogP contribution in [0.15, 0.2) is 30.3 Å². The van der Waals surface area contributed by atoms with Crippen LogP contribution in [0.4, 0.5) is 0 Å². The van der Waals surface area contributed by atoms with Crippen molar-refractivity contribution in [2.45, 2.75) is 63.2 Å². The molecule has 0 radical (unpaired) electrons. The van der Waals surface area contributed by atoms with Crippen molar-refractivity contribution in [2.24, 2.45) is 11.3 Å². The van der Waals surface area contributed by atoms with Gasteiger partial charge < -0.3 is 10.6 Å². The summed E-state index contributed by atoms with van der Waals surface area (Å²) in [6, 6.07) is 10.9. The minimum Gasteiger partial charge on any atom is -0.355 e. The monoisotopic (exact) mass is 376 g/mol. The van der Waals surface area contributed by atoms with E-state index in [1.807, 2.05) is 0 Å². The van der Waals surface area contributed by atoms with E-state index in [0.29, 0.717) is 11.3 Å². The second kappa shape index (κ2) is 8.31. The van der Waals surface area contributed by atoms with Gasteiger partial charge in [0.1, 0.15) is 0 Å². The molecule has 144 valence electrons. The molecule has 1 aliphatic heterocycles. The molecule has 0 bridgehead atoms. The summed E-state index contributed by atoms with van der Waals surface area (Å²) in [5.41, 5.74) is 1.90. The van der Waals surface area contributed by atoms with Gasteiger partial charge in [-0.2, -0.15) is 0 Å². The number of carbonyl (C=O) groups is 1. The zero-order chi connectivity index (χ0) is 17.2. The molecule has 4 heteroatoms. The molecule has 1 spiro atoms. The Kier molecular flexibility index (Phi) is 6.29. The minimum atomic E-state index is 0. The Morgan fingerprint density at radius 2 is 1.65 bits per heavy atom. The average molecular weight is 377 g/mol. The van der Waals surface area contributed by atoms with Crippen LogP contribution in [-0.2, 0) is 10.2 Å². The normalized spacial score (nSPS) is 26.4. The van der Waals surface area contributed by atoms with Gasteiger partial charge in [0.15, 0.2) is 0 Å². The maximum Gasteiger partial charge on any atom is 0.223 e. The van der Waals surface area contributed by atoms with Crippen LogP contribution >= 0.6 is 12.4 Å². The number of carbonyl (C=O) groups excluding carboxylic acids is 1. The lowest BCUT2D eigenvalue weighted by Crippen LogP contribution is -2.42. The molecule has 1 amide bonds. The lowest BCUT2D eigenvalue weighted by Gasteiger charge is -2.34. The summed E-state index contributed by atoms with van der Waals surface area (Å²) in [5.74, 6) is 0.592. The molecule has 2 aliphatic carbocycles. The predicted molar refractivity (Wildman–Crippen MR) is 109 cm³/mol. The Morgan fingerprint density at radius 1 is 1.00 bits per heavy atom. The molecule has 1 heterocycles. The number of nitrogens with one attached hydrogen (secondary N) is 2. The summed E-state index contributed by atoms with van der Waals surface area (Å²) in [6.07, 6.45) is 11.1. The summed E-state index contributed by atoms with van der Waals surface area (Å²) in [6.45, 7) is 2.98. The third-order valence-electron chi connectivity index (χ3n) is 7.15. The van der Waals surface area contributed by atoms with Gasteiger partial charge in [0.2, 0.25) is 5.91 Å². The van der Waals surface area contributed by atoms with Gasteiger partial charge in [0.05, 0.1) is 0 Å². The van der Waals surface area contributed by atoms with Crippen molar-refractivity contribution in [1.82, 2.24) is 10.6 Å². The van der Waals surface area contributed by atoms with Crippen molar-refractivity contribution in [3.05, 3.63) is 35.9 Å². The summed E-state index contributed by atoms with van der Waals surface area (Å²) < 4.78 is 0. The molecule has 26 heavy (non-hydrogen) atoms. The van der Waals surface area contributed by atoms with Gasteiger partial charge in [-0.25, -0.2) is 0 Å². The van der Waals surface area contributed by atoms with Crippen LogP contribution in [0, 0.1) is 11.3 Å². The number of piperidine rings is 1. The lowest BCUT2D eigenvalue weighted by atomic mass is 9.74. The number of halogens is 1. The number of benzene rings is 1. The van der Waals surface area contributed by atoms with E-state index in [-0.39, 0.29) is 23.7 Å². The molecule has 3 fully saturated rings. The SMILES string of the molecule is Cl.O=C(NCC1(c2ccccc2)CCCCCC1)C1CC12CCNCC2. The highest BCUT2D eigenvalue weighted by atomic mass is 35.5. The van der Waals surface area contributed by atoms with Crippen LogP contribution in [0.5, 0.6) is 0 Å². The zero-order valence-corrected chi connectivity index (χ0v) is 16.6. The Bertz CT molecular complexity index is 589. The first-order chi connectivity index (χ1) is 12.2. The highest BCUT2D eigenvalue weighted by Gasteiger charge is 2.57. The topological polar surface area (TPSA) is 41.1 Å². The van der Waals surface area contributed by atoms with Crippen molar-refractivity contribution >= 4 is 18.3 Å². The van der Waals surface area contributed by atoms with E-state index in [9.17, 15) is 4.79 Å². The Hall–Kier alpha value is -1.06. The van der Waals surface area contributed by atoms with E-state index in [1.165, 1.54) is 56.9 Å². The van der Waals surface area contributed by atoms with Crippen molar-refractivity contribution < 1.29 is 4.79 Å². The number of hydrogen-bond donors (Lipinski definition) is 2. The molecular weight excluding hydrogens is 344 g/mol. The van der Waals surface area contributed by atoms with Crippen LogP contribution in [0.2, 0.25) is 0 Å². The number of amides is 1. The van der Waals surface area contributed by atoms with E-state index in [2.05, 4.69) is 41.0 Å². The Morgan fingerprint density at radius 3 is 2.31 bits per heavy atom. The standard InChI is InChI=1S/C22H32N2O.ClH/c25-20(19-16-21(19)12-14-23-15-13-21)24-17-22(10-6-1-2-7-11-22)18-8-4-3-5-9-18;/h3-5,8-9,19,23H,1-2,6-7,10-17H2,(H,24,25);1H. The van der Waals surface area contributed by atoms with Crippen molar-refractivity contribution in [1.29, 1.82) is 0 Å². The largest absolute Gasteiger partial charge is 0.355 e. The maximum absolute atomic E-state index is 12.8. The Balaban J connectivity index is 0.00000196. The highest BCUT2D eigenvalue weighted by Crippen LogP contribution is 2.58.